The molecule has 0 atom stereocenters. The van der Waals surface area contributed by atoms with E-state index in [1.807, 2.05) is 12.1 Å². The zero-order chi connectivity index (χ0) is 23.9. The topological polar surface area (TPSA) is 116 Å². The summed E-state index contributed by atoms with van der Waals surface area (Å²) in [4.78, 5) is 49.7. The third-order valence-electron chi connectivity index (χ3n) is 5.28. The highest BCUT2D eigenvalue weighted by atomic mass is 32.2. The molecule has 1 aliphatic carbocycles. The van der Waals surface area contributed by atoms with E-state index >= 15 is 0 Å². The van der Waals surface area contributed by atoms with Gasteiger partial charge in [-0.2, -0.15) is 4.98 Å². The molecular formula is C23H25N5O4S2. The second-order valence-electron chi connectivity index (χ2n) is 7.74. The van der Waals surface area contributed by atoms with Gasteiger partial charge in [0.1, 0.15) is 5.03 Å². The SMILES string of the molecule is CCOC(=O)Cc1csc(NC(=O)CSc2nc(=O)n(Cc3cccnc3)c3c2CCCC3)n1. The van der Waals surface area contributed by atoms with Crippen molar-refractivity contribution in [2.45, 2.75) is 50.6 Å². The molecule has 3 heterocycles. The van der Waals surface area contributed by atoms with Crippen LogP contribution in [0.5, 0.6) is 0 Å². The first-order chi connectivity index (χ1) is 16.5. The van der Waals surface area contributed by atoms with Crippen molar-refractivity contribution in [1.29, 1.82) is 0 Å². The highest BCUT2D eigenvalue weighted by molar-refractivity contribution is 8.00. The Labute approximate surface area is 205 Å². The molecule has 11 heteroatoms. The Bertz CT molecular complexity index is 1230. The monoisotopic (exact) mass is 499 g/mol. The van der Waals surface area contributed by atoms with Crippen LogP contribution in [0.2, 0.25) is 0 Å². The first kappa shape index (κ1) is 24.1. The minimum atomic E-state index is -0.352. The number of carbonyl (C=O) groups is 2. The fourth-order valence-corrected chi connectivity index (χ4v) is 5.40. The maximum Gasteiger partial charge on any atom is 0.349 e. The number of esters is 1. The Morgan fingerprint density at radius 3 is 2.91 bits per heavy atom. The van der Waals surface area contributed by atoms with Gasteiger partial charge < -0.3 is 10.1 Å². The summed E-state index contributed by atoms with van der Waals surface area (Å²) in [5.74, 6) is -0.485. The Morgan fingerprint density at radius 1 is 1.26 bits per heavy atom. The molecule has 0 aromatic carbocycles. The van der Waals surface area contributed by atoms with Crippen LogP contribution >= 0.6 is 23.1 Å². The van der Waals surface area contributed by atoms with Crippen LogP contribution < -0.4 is 11.0 Å². The lowest BCUT2D eigenvalue weighted by Crippen LogP contribution is -2.30. The van der Waals surface area contributed by atoms with E-state index in [-0.39, 0.29) is 29.7 Å². The van der Waals surface area contributed by atoms with Crippen LogP contribution in [0, 0.1) is 0 Å². The number of ether oxygens (including phenoxy) is 1. The molecule has 34 heavy (non-hydrogen) atoms. The Morgan fingerprint density at radius 2 is 2.12 bits per heavy atom. The van der Waals surface area contributed by atoms with Crippen molar-refractivity contribution in [1.82, 2.24) is 19.5 Å². The summed E-state index contributed by atoms with van der Waals surface area (Å²) < 4.78 is 6.65. The smallest absolute Gasteiger partial charge is 0.349 e. The molecule has 0 spiro atoms. The van der Waals surface area contributed by atoms with E-state index < -0.39 is 0 Å². The van der Waals surface area contributed by atoms with Crippen molar-refractivity contribution in [2.75, 3.05) is 17.7 Å². The van der Waals surface area contributed by atoms with Crippen LogP contribution in [0.1, 0.15) is 42.3 Å². The van der Waals surface area contributed by atoms with Gasteiger partial charge in [-0.1, -0.05) is 17.8 Å². The zero-order valence-electron chi connectivity index (χ0n) is 18.8. The van der Waals surface area contributed by atoms with Gasteiger partial charge in [-0.3, -0.25) is 19.1 Å². The number of thiazole rings is 1. The van der Waals surface area contributed by atoms with Crippen molar-refractivity contribution in [3.63, 3.8) is 0 Å². The number of amides is 1. The van der Waals surface area contributed by atoms with Gasteiger partial charge in [0, 0.05) is 29.0 Å². The van der Waals surface area contributed by atoms with E-state index in [0.29, 0.717) is 29.0 Å². The molecule has 9 nitrogen and oxygen atoms in total. The first-order valence-corrected chi connectivity index (χ1v) is 12.9. The van der Waals surface area contributed by atoms with Gasteiger partial charge in [-0.15, -0.1) is 11.3 Å². The molecule has 1 amide bonds. The molecular weight excluding hydrogens is 474 g/mol. The summed E-state index contributed by atoms with van der Waals surface area (Å²) in [5, 5.41) is 5.52. The molecule has 0 saturated heterocycles. The molecule has 0 fully saturated rings. The van der Waals surface area contributed by atoms with Gasteiger partial charge in [-0.05, 0) is 44.2 Å². The maximum absolute atomic E-state index is 12.9. The maximum atomic E-state index is 12.9. The molecule has 0 saturated carbocycles. The number of anilines is 1. The number of nitrogens with one attached hydrogen (secondary N) is 1. The van der Waals surface area contributed by atoms with E-state index in [9.17, 15) is 14.4 Å². The van der Waals surface area contributed by atoms with Crippen molar-refractivity contribution in [2.24, 2.45) is 0 Å². The van der Waals surface area contributed by atoms with Gasteiger partial charge in [0.05, 0.1) is 31.0 Å². The van der Waals surface area contributed by atoms with Crippen LogP contribution in [0.15, 0.2) is 39.7 Å². The minimum Gasteiger partial charge on any atom is -0.466 e. The Hall–Kier alpha value is -3.05. The molecule has 0 radical (unpaired) electrons. The lowest BCUT2D eigenvalue weighted by Gasteiger charge is -2.22. The number of aromatic nitrogens is 4. The van der Waals surface area contributed by atoms with Gasteiger partial charge in [0.25, 0.3) is 0 Å². The quantitative estimate of drug-likeness (QED) is 0.271. The average Bonchev–Trinajstić information content (AvgIpc) is 3.27. The number of nitrogens with zero attached hydrogens (tertiary/aromatic N) is 4. The molecule has 0 bridgehead atoms. The van der Waals surface area contributed by atoms with Gasteiger partial charge in [0.15, 0.2) is 5.13 Å². The van der Waals surface area contributed by atoms with Crippen LogP contribution in [0.25, 0.3) is 0 Å². The molecule has 0 unspecified atom stereocenters. The molecule has 3 aromatic rings. The molecule has 3 aromatic heterocycles. The predicted octanol–water partition coefficient (Wildman–Crippen LogP) is 2.86. The Kier molecular flexibility index (Phi) is 8.07. The van der Waals surface area contributed by atoms with E-state index in [4.69, 9.17) is 4.74 Å². The zero-order valence-corrected chi connectivity index (χ0v) is 20.4. The van der Waals surface area contributed by atoms with Crippen molar-refractivity contribution in [3.8, 4) is 0 Å². The molecule has 1 N–H and O–H groups in total. The summed E-state index contributed by atoms with van der Waals surface area (Å²) >= 11 is 2.52. The van der Waals surface area contributed by atoms with E-state index in [2.05, 4.69) is 20.3 Å². The standard InChI is InChI=1S/C23H25N5O4S2/c1-2-32-20(30)10-16-13-34-22(25-16)26-19(29)14-33-21-17-7-3-4-8-18(17)28(23(31)27-21)12-15-6-5-9-24-11-15/h5-6,9,11,13H,2-4,7-8,10,12,14H2,1H3,(H,25,26,29). The largest absolute Gasteiger partial charge is 0.466 e. The third-order valence-corrected chi connectivity index (χ3v) is 7.11. The van der Waals surface area contributed by atoms with Gasteiger partial charge >= 0.3 is 11.7 Å². The number of thioether (sulfide) groups is 1. The highest BCUT2D eigenvalue weighted by Gasteiger charge is 2.21. The summed E-state index contributed by atoms with van der Waals surface area (Å²) in [5.41, 5.74) is 3.25. The Balaban J connectivity index is 1.42. The highest BCUT2D eigenvalue weighted by Crippen LogP contribution is 2.29. The number of hydrogen-bond donors (Lipinski definition) is 1. The van der Waals surface area contributed by atoms with Crippen LogP contribution in [0.3, 0.4) is 0 Å². The summed E-state index contributed by atoms with van der Waals surface area (Å²) in [6, 6.07) is 3.80. The second kappa shape index (κ2) is 11.4. The number of fused-ring (bicyclic) bond motifs is 1. The minimum absolute atomic E-state index is 0.0698. The van der Waals surface area contributed by atoms with Gasteiger partial charge in [0.2, 0.25) is 5.91 Å². The molecule has 4 rings (SSSR count). The van der Waals surface area contributed by atoms with Crippen molar-refractivity contribution in [3.05, 3.63) is 62.9 Å². The third kappa shape index (κ3) is 6.09. The lowest BCUT2D eigenvalue weighted by molar-refractivity contribution is -0.142. The van der Waals surface area contributed by atoms with Crippen molar-refractivity contribution >= 4 is 40.1 Å². The number of hydrogen-bond acceptors (Lipinski definition) is 9. The summed E-state index contributed by atoms with van der Waals surface area (Å²) in [6.07, 6.45) is 7.23. The number of pyridine rings is 1. The summed E-state index contributed by atoms with van der Waals surface area (Å²) in [6.45, 7) is 2.50. The molecule has 0 aliphatic heterocycles. The van der Waals surface area contributed by atoms with Crippen molar-refractivity contribution < 1.29 is 14.3 Å². The summed E-state index contributed by atoms with van der Waals surface area (Å²) in [7, 11) is 0. The second-order valence-corrected chi connectivity index (χ2v) is 9.56. The molecule has 1 aliphatic rings. The normalized spacial score (nSPS) is 12.7. The fourth-order valence-electron chi connectivity index (χ4n) is 3.80. The van der Waals surface area contributed by atoms with E-state index in [0.717, 1.165) is 42.5 Å². The lowest BCUT2D eigenvalue weighted by atomic mass is 9.97. The average molecular weight is 500 g/mol. The number of rotatable bonds is 9. The van der Waals surface area contributed by atoms with E-state index in [1.54, 1.807) is 29.3 Å². The predicted molar refractivity (Wildman–Crippen MR) is 130 cm³/mol. The fraction of sp³-hybridized carbons (Fsp3) is 0.391. The van der Waals surface area contributed by atoms with Crippen LogP contribution in [0.4, 0.5) is 5.13 Å². The van der Waals surface area contributed by atoms with Crippen LogP contribution in [-0.4, -0.2) is 43.8 Å². The van der Waals surface area contributed by atoms with Gasteiger partial charge in [-0.25, -0.2) is 9.78 Å². The molecule has 178 valence electrons. The van der Waals surface area contributed by atoms with Crippen LogP contribution in [-0.2, 0) is 40.1 Å². The van der Waals surface area contributed by atoms with E-state index in [1.165, 1.54) is 23.1 Å². The first-order valence-electron chi connectivity index (χ1n) is 11.1. The number of carbonyl (C=O) groups excluding carboxylic acids is 2.